The molecule has 0 spiro atoms. The first-order valence-corrected chi connectivity index (χ1v) is 6.68. The lowest BCUT2D eigenvalue weighted by Crippen LogP contribution is -2.62. The first-order valence-electron chi connectivity index (χ1n) is 6.68. The molecule has 6 heteroatoms. The summed E-state index contributed by atoms with van der Waals surface area (Å²) in [5, 5.41) is 2.75. The van der Waals surface area contributed by atoms with Crippen molar-refractivity contribution in [1.82, 2.24) is 10.2 Å². The number of nitrogens with one attached hydrogen (secondary N) is 1. The molecular weight excluding hydrogens is 248 g/mol. The van der Waals surface area contributed by atoms with Crippen LogP contribution in [-0.4, -0.2) is 61.8 Å². The lowest BCUT2D eigenvalue weighted by Gasteiger charge is -2.38. The Morgan fingerprint density at radius 1 is 1.53 bits per heavy atom. The molecule has 2 atom stereocenters. The van der Waals surface area contributed by atoms with Gasteiger partial charge in [-0.2, -0.15) is 0 Å². The van der Waals surface area contributed by atoms with Gasteiger partial charge < -0.3 is 19.7 Å². The molecule has 0 radical (unpaired) electrons. The van der Waals surface area contributed by atoms with Gasteiger partial charge in [-0.1, -0.05) is 13.8 Å². The molecule has 2 rings (SSSR count). The minimum absolute atomic E-state index is 0.0297. The maximum atomic E-state index is 12.4. The second-order valence-corrected chi connectivity index (χ2v) is 5.67. The molecule has 2 saturated heterocycles. The van der Waals surface area contributed by atoms with E-state index in [2.05, 4.69) is 5.32 Å². The third-order valence-corrected chi connectivity index (χ3v) is 3.87. The molecule has 6 nitrogen and oxygen atoms in total. The van der Waals surface area contributed by atoms with Gasteiger partial charge in [-0.05, 0) is 5.92 Å². The maximum absolute atomic E-state index is 12.4. The molecule has 0 aliphatic carbocycles. The second-order valence-electron chi connectivity index (χ2n) is 5.67. The summed E-state index contributed by atoms with van der Waals surface area (Å²) in [7, 11) is 1.63. The van der Waals surface area contributed by atoms with Gasteiger partial charge in [0.25, 0.3) is 0 Å². The molecule has 0 aromatic rings. The number of nitrogens with zero attached hydrogens (tertiary/aromatic N) is 1. The van der Waals surface area contributed by atoms with Crippen LogP contribution in [0.3, 0.4) is 0 Å². The van der Waals surface area contributed by atoms with E-state index in [9.17, 15) is 9.59 Å². The van der Waals surface area contributed by atoms with Gasteiger partial charge in [0.05, 0.1) is 19.7 Å². The fraction of sp³-hybridized carbons (Fsp3) is 0.846. The van der Waals surface area contributed by atoms with Gasteiger partial charge in [0.15, 0.2) is 0 Å². The molecular formula is C13H22N2O4. The second kappa shape index (κ2) is 5.46. The van der Waals surface area contributed by atoms with Crippen molar-refractivity contribution < 1.29 is 19.1 Å². The Balaban J connectivity index is 2.09. The van der Waals surface area contributed by atoms with Crippen LogP contribution in [0.15, 0.2) is 0 Å². The Morgan fingerprint density at radius 2 is 2.26 bits per heavy atom. The van der Waals surface area contributed by atoms with Crippen LogP contribution in [0.2, 0.25) is 0 Å². The predicted octanol–water partition coefficient (Wildman–Crippen LogP) is -0.225. The predicted molar refractivity (Wildman–Crippen MR) is 68.5 cm³/mol. The van der Waals surface area contributed by atoms with Crippen LogP contribution < -0.4 is 5.32 Å². The first kappa shape index (κ1) is 14.3. The lowest BCUT2D eigenvalue weighted by atomic mass is 9.97. The molecule has 0 saturated carbocycles. The largest absolute Gasteiger partial charge is 0.378 e. The highest BCUT2D eigenvalue weighted by atomic mass is 16.5. The highest BCUT2D eigenvalue weighted by Gasteiger charge is 2.42. The van der Waals surface area contributed by atoms with Crippen molar-refractivity contribution in [2.24, 2.45) is 5.92 Å². The van der Waals surface area contributed by atoms with Crippen molar-refractivity contribution in [2.45, 2.75) is 31.9 Å². The Hall–Kier alpha value is -1.14. The molecule has 2 unspecified atom stereocenters. The number of rotatable bonds is 4. The number of methoxy groups -OCH3 is 1. The number of carbonyl (C=O) groups excluding carboxylic acids is 2. The lowest BCUT2D eigenvalue weighted by molar-refractivity contribution is -0.150. The van der Waals surface area contributed by atoms with Crippen molar-refractivity contribution in [2.75, 3.05) is 33.4 Å². The summed E-state index contributed by atoms with van der Waals surface area (Å²) >= 11 is 0. The standard InChI is InChI=1S/C13H22N2O4/c1-9(2)11-12(17)15(6-10(16)14-11)7-13(18-3)4-5-19-8-13/h9,11H,4-8H2,1-3H3,(H,14,16). The molecule has 2 aliphatic heterocycles. The van der Waals surface area contributed by atoms with Crippen LogP contribution in [-0.2, 0) is 19.1 Å². The molecule has 0 bridgehead atoms. The topological polar surface area (TPSA) is 67.9 Å². The minimum atomic E-state index is -0.463. The number of piperazine rings is 1. The van der Waals surface area contributed by atoms with Crippen LogP contribution in [0.1, 0.15) is 20.3 Å². The summed E-state index contributed by atoms with van der Waals surface area (Å²) in [6.07, 6.45) is 0.751. The summed E-state index contributed by atoms with van der Waals surface area (Å²) in [5.41, 5.74) is -0.463. The molecule has 19 heavy (non-hydrogen) atoms. The van der Waals surface area contributed by atoms with Crippen molar-refractivity contribution in [3.8, 4) is 0 Å². The molecule has 2 fully saturated rings. The minimum Gasteiger partial charge on any atom is -0.378 e. The van der Waals surface area contributed by atoms with Gasteiger partial charge in [-0.3, -0.25) is 9.59 Å². The van der Waals surface area contributed by atoms with E-state index in [1.807, 2.05) is 13.8 Å². The quantitative estimate of drug-likeness (QED) is 0.766. The summed E-state index contributed by atoms with van der Waals surface area (Å²) in [6.45, 7) is 5.48. The van der Waals surface area contributed by atoms with E-state index < -0.39 is 11.6 Å². The van der Waals surface area contributed by atoms with Gasteiger partial charge in [0.2, 0.25) is 11.8 Å². The average molecular weight is 270 g/mol. The molecule has 1 N–H and O–H groups in total. The highest BCUT2D eigenvalue weighted by molar-refractivity contribution is 5.95. The van der Waals surface area contributed by atoms with Crippen LogP contribution in [0.25, 0.3) is 0 Å². The number of ether oxygens (including phenoxy) is 2. The molecule has 2 amide bonds. The zero-order chi connectivity index (χ0) is 14.0. The van der Waals surface area contributed by atoms with Gasteiger partial charge in [-0.25, -0.2) is 0 Å². The van der Waals surface area contributed by atoms with Crippen molar-refractivity contribution >= 4 is 11.8 Å². The zero-order valence-corrected chi connectivity index (χ0v) is 11.8. The third kappa shape index (κ3) is 2.90. The van der Waals surface area contributed by atoms with Crippen LogP contribution in [0, 0.1) is 5.92 Å². The van der Waals surface area contributed by atoms with E-state index in [-0.39, 0.29) is 24.3 Å². The van der Waals surface area contributed by atoms with Gasteiger partial charge >= 0.3 is 0 Å². The van der Waals surface area contributed by atoms with Crippen molar-refractivity contribution in [3.63, 3.8) is 0 Å². The van der Waals surface area contributed by atoms with Crippen molar-refractivity contribution in [1.29, 1.82) is 0 Å². The Kier molecular flexibility index (Phi) is 4.10. The van der Waals surface area contributed by atoms with Gasteiger partial charge in [0.1, 0.15) is 11.6 Å². The molecule has 0 aromatic heterocycles. The molecule has 0 aromatic carbocycles. The Labute approximate surface area is 113 Å². The van der Waals surface area contributed by atoms with Crippen molar-refractivity contribution in [3.05, 3.63) is 0 Å². The van der Waals surface area contributed by atoms with Gasteiger partial charge in [-0.15, -0.1) is 0 Å². The number of amides is 2. The number of hydrogen-bond donors (Lipinski definition) is 1. The summed E-state index contributed by atoms with van der Waals surface area (Å²) < 4.78 is 10.9. The SMILES string of the molecule is COC1(CN2CC(=O)NC(C(C)C)C2=O)CCOC1. The van der Waals surface area contributed by atoms with E-state index in [4.69, 9.17) is 9.47 Å². The summed E-state index contributed by atoms with van der Waals surface area (Å²) in [5.74, 6) is -0.0565. The number of hydrogen-bond acceptors (Lipinski definition) is 4. The third-order valence-electron chi connectivity index (χ3n) is 3.87. The molecule has 2 aliphatic rings. The monoisotopic (exact) mass is 270 g/mol. The van der Waals surface area contributed by atoms with E-state index in [0.717, 1.165) is 6.42 Å². The Bertz CT molecular complexity index is 364. The highest BCUT2D eigenvalue weighted by Crippen LogP contribution is 2.25. The zero-order valence-electron chi connectivity index (χ0n) is 11.8. The van der Waals surface area contributed by atoms with E-state index in [1.54, 1.807) is 12.0 Å². The van der Waals surface area contributed by atoms with E-state index >= 15 is 0 Å². The van der Waals surface area contributed by atoms with Gasteiger partial charge in [0, 0.05) is 20.1 Å². The summed E-state index contributed by atoms with van der Waals surface area (Å²) in [4.78, 5) is 25.7. The Morgan fingerprint density at radius 3 is 2.79 bits per heavy atom. The maximum Gasteiger partial charge on any atom is 0.245 e. The normalized spacial score (nSPS) is 32.0. The summed E-state index contributed by atoms with van der Waals surface area (Å²) in [6, 6.07) is -0.433. The average Bonchev–Trinajstić information content (AvgIpc) is 2.82. The molecule has 108 valence electrons. The molecule has 2 heterocycles. The first-order chi connectivity index (χ1) is 8.97. The van der Waals surface area contributed by atoms with E-state index in [1.165, 1.54) is 0 Å². The van der Waals surface area contributed by atoms with Crippen LogP contribution >= 0.6 is 0 Å². The number of carbonyl (C=O) groups is 2. The fourth-order valence-electron chi connectivity index (χ4n) is 2.60. The smallest absolute Gasteiger partial charge is 0.245 e. The van der Waals surface area contributed by atoms with Crippen LogP contribution in [0.4, 0.5) is 0 Å². The van der Waals surface area contributed by atoms with E-state index in [0.29, 0.717) is 19.8 Å². The van der Waals surface area contributed by atoms with Crippen LogP contribution in [0.5, 0.6) is 0 Å². The fourth-order valence-corrected chi connectivity index (χ4v) is 2.60.